The fourth-order valence-electron chi connectivity index (χ4n) is 1.78. The van der Waals surface area contributed by atoms with Crippen LogP contribution in [0.1, 0.15) is 33.3 Å². The third-order valence-electron chi connectivity index (χ3n) is 2.62. The lowest BCUT2D eigenvalue weighted by atomic mass is 10.2. The van der Waals surface area contributed by atoms with Crippen LogP contribution in [0, 0.1) is 5.92 Å². The normalized spacial score (nSPS) is 11.0. The van der Waals surface area contributed by atoms with Crippen LogP contribution in [0.2, 0.25) is 0 Å². The van der Waals surface area contributed by atoms with Gasteiger partial charge >= 0.3 is 5.97 Å². The first-order valence-electron chi connectivity index (χ1n) is 7.20. The minimum atomic E-state index is -0.359. The van der Waals surface area contributed by atoms with Gasteiger partial charge in [0.1, 0.15) is 5.75 Å². The molecule has 0 fully saturated rings. The van der Waals surface area contributed by atoms with Crippen LogP contribution in [0.25, 0.3) is 0 Å². The van der Waals surface area contributed by atoms with Crippen molar-refractivity contribution in [2.24, 2.45) is 5.92 Å². The molecule has 5 heteroatoms. The molecule has 1 aromatic rings. The first-order chi connectivity index (χ1) is 9.90. The Balaban J connectivity index is 2.64. The number of halogens is 1. The highest BCUT2D eigenvalue weighted by Crippen LogP contribution is 2.29. The van der Waals surface area contributed by atoms with E-state index < -0.39 is 0 Å². The van der Waals surface area contributed by atoms with E-state index in [0.717, 1.165) is 16.6 Å². The van der Waals surface area contributed by atoms with Gasteiger partial charge in [0, 0.05) is 12.1 Å². The molecule has 0 heterocycles. The first-order valence-corrected chi connectivity index (χ1v) is 7.99. The molecule has 118 valence electrons. The minimum Gasteiger partial charge on any atom is -0.480 e. The van der Waals surface area contributed by atoms with Crippen LogP contribution in [0.5, 0.6) is 5.75 Å². The lowest BCUT2D eigenvalue weighted by molar-refractivity contribution is -0.149. The molecule has 0 amide bonds. The average molecular weight is 358 g/mol. The summed E-state index contributed by atoms with van der Waals surface area (Å²) in [7, 11) is 0. The van der Waals surface area contributed by atoms with Gasteiger partial charge < -0.3 is 14.8 Å². The van der Waals surface area contributed by atoms with Gasteiger partial charge in [-0.1, -0.05) is 26.0 Å². The topological polar surface area (TPSA) is 47.6 Å². The molecule has 1 rings (SSSR count). The number of para-hydroxylation sites is 1. The summed E-state index contributed by atoms with van der Waals surface area (Å²) >= 11 is 3.46. The fourth-order valence-corrected chi connectivity index (χ4v) is 2.30. The standard InChI is InChI=1S/C16H24BrNO3/c1-11(2)8-18-9-13-6-5-7-14(17)16(13)20-10-15(19)21-12(3)4/h5-7,11-12,18H,8-10H2,1-4H3. The summed E-state index contributed by atoms with van der Waals surface area (Å²) in [5, 5.41) is 3.37. The molecular weight excluding hydrogens is 334 g/mol. The molecule has 21 heavy (non-hydrogen) atoms. The van der Waals surface area contributed by atoms with E-state index in [0.29, 0.717) is 18.2 Å². The number of carbonyl (C=O) groups is 1. The zero-order valence-corrected chi connectivity index (χ0v) is 14.7. The highest BCUT2D eigenvalue weighted by Gasteiger charge is 2.12. The monoisotopic (exact) mass is 357 g/mol. The minimum absolute atomic E-state index is 0.0853. The molecular formula is C16H24BrNO3. The van der Waals surface area contributed by atoms with Crippen molar-refractivity contribution in [1.29, 1.82) is 0 Å². The maximum atomic E-state index is 11.6. The summed E-state index contributed by atoms with van der Waals surface area (Å²) in [5.41, 5.74) is 1.02. The van der Waals surface area contributed by atoms with Gasteiger partial charge in [0.05, 0.1) is 10.6 Å². The van der Waals surface area contributed by atoms with E-state index in [1.54, 1.807) is 0 Å². The van der Waals surface area contributed by atoms with Crippen molar-refractivity contribution in [3.05, 3.63) is 28.2 Å². The van der Waals surface area contributed by atoms with Crippen LogP contribution in [-0.4, -0.2) is 25.2 Å². The van der Waals surface area contributed by atoms with Gasteiger partial charge in [0.15, 0.2) is 6.61 Å². The summed E-state index contributed by atoms with van der Waals surface area (Å²) < 4.78 is 11.5. The molecule has 0 aliphatic heterocycles. The number of rotatable bonds is 8. The van der Waals surface area contributed by atoms with Gasteiger partial charge in [-0.15, -0.1) is 0 Å². The number of hydrogen-bond donors (Lipinski definition) is 1. The van der Waals surface area contributed by atoms with Crippen LogP contribution >= 0.6 is 15.9 Å². The van der Waals surface area contributed by atoms with Crippen molar-refractivity contribution in [2.45, 2.75) is 40.3 Å². The molecule has 1 aromatic carbocycles. The predicted octanol–water partition coefficient (Wildman–Crippen LogP) is 3.53. The van der Waals surface area contributed by atoms with Crippen LogP contribution in [0.15, 0.2) is 22.7 Å². The second kappa shape index (κ2) is 9.05. The van der Waals surface area contributed by atoms with E-state index in [-0.39, 0.29) is 18.7 Å². The quantitative estimate of drug-likeness (QED) is 0.723. The van der Waals surface area contributed by atoms with Crippen LogP contribution < -0.4 is 10.1 Å². The van der Waals surface area contributed by atoms with Crippen molar-refractivity contribution in [1.82, 2.24) is 5.32 Å². The Hall–Kier alpha value is -1.07. The van der Waals surface area contributed by atoms with Crippen molar-refractivity contribution in [3.63, 3.8) is 0 Å². The van der Waals surface area contributed by atoms with Gasteiger partial charge in [-0.25, -0.2) is 4.79 Å². The molecule has 0 bridgehead atoms. The van der Waals surface area contributed by atoms with Crippen molar-refractivity contribution in [3.8, 4) is 5.75 Å². The number of carbonyl (C=O) groups excluding carboxylic acids is 1. The lowest BCUT2D eigenvalue weighted by Crippen LogP contribution is -2.21. The molecule has 0 radical (unpaired) electrons. The highest BCUT2D eigenvalue weighted by atomic mass is 79.9. The summed E-state index contributed by atoms with van der Waals surface area (Å²) in [6.07, 6.45) is -0.132. The van der Waals surface area contributed by atoms with Gasteiger partial charge in [0.2, 0.25) is 0 Å². The molecule has 4 nitrogen and oxygen atoms in total. The van der Waals surface area contributed by atoms with Crippen molar-refractivity contribution >= 4 is 21.9 Å². The van der Waals surface area contributed by atoms with E-state index in [4.69, 9.17) is 9.47 Å². The summed E-state index contributed by atoms with van der Waals surface area (Å²) in [5.74, 6) is 0.916. The largest absolute Gasteiger partial charge is 0.480 e. The Bertz CT molecular complexity index is 461. The van der Waals surface area contributed by atoms with Gasteiger partial charge in [-0.2, -0.15) is 0 Å². The Morgan fingerprint density at radius 1 is 1.29 bits per heavy atom. The van der Waals surface area contributed by atoms with Crippen LogP contribution in [0.3, 0.4) is 0 Å². The summed E-state index contributed by atoms with van der Waals surface area (Å²) in [4.78, 5) is 11.6. The molecule has 0 aliphatic rings. The van der Waals surface area contributed by atoms with Crippen molar-refractivity contribution < 1.29 is 14.3 Å². The lowest BCUT2D eigenvalue weighted by Gasteiger charge is -2.15. The molecule has 0 aliphatic carbocycles. The van der Waals surface area contributed by atoms with Gasteiger partial charge in [-0.05, 0) is 48.3 Å². The van der Waals surface area contributed by atoms with E-state index in [1.807, 2.05) is 32.0 Å². The number of benzene rings is 1. The third-order valence-corrected chi connectivity index (χ3v) is 3.24. The fraction of sp³-hybridized carbons (Fsp3) is 0.562. The molecule has 1 N–H and O–H groups in total. The maximum absolute atomic E-state index is 11.6. The van der Waals surface area contributed by atoms with E-state index in [9.17, 15) is 4.79 Å². The predicted molar refractivity (Wildman–Crippen MR) is 87.4 cm³/mol. The Morgan fingerprint density at radius 3 is 2.62 bits per heavy atom. The Kier molecular flexibility index (Phi) is 7.75. The number of ether oxygens (including phenoxy) is 2. The number of esters is 1. The molecule has 0 spiro atoms. The summed E-state index contributed by atoms with van der Waals surface area (Å²) in [6, 6.07) is 5.84. The van der Waals surface area contributed by atoms with Gasteiger partial charge in [-0.3, -0.25) is 0 Å². The zero-order chi connectivity index (χ0) is 15.8. The van der Waals surface area contributed by atoms with Gasteiger partial charge in [0.25, 0.3) is 0 Å². The maximum Gasteiger partial charge on any atom is 0.344 e. The molecule has 0 saturated heterocycles. The smallest absolute Gasteiger partial charge is 0.344 e. The van der Waals surface area contributed by atoms with E-state index in [1.165, 1.54) is 0 Å². The van der Waals surface area contributed by atoms with E-state index >= 15 is 0 Å². The third kappa shape index (κ3) is 6.96. The Morgan fingerprint density at radius 2 is 2.00 bits per heavy atom. The molecule has 0 saturated carbocycles. The average Bonchev–Trinajstić information content (AvgIpc) is 2.36. The molecule has 0 aromatic heterocycles. The SMILES string of the molecule is CC(C)CNCc1cccc(Br)c1OCC(=O)OC(C)C. The second-order valence-corrected chi connectivity index (χ2v) is 6.43. The van der Waals surface area contributed by atoms with Crippen LogP contribution in [0.4, 0.5) is 0 Å². The van der Waals surface area contributed by atoms with Crippen LogP contribution in [-0.2, 0) is 16.1 Å². The Labute approximate surface area is 135 Å². The first kappa shape index (κ1) is 18.0. The number of nitrogens with one attached hydrogen (secondary N) is 1. The molecule has 0 unspecified atom stereocenters. The molecule has 0 atom stereocenters. The van der Waals surface area contributed by atoms with E-state index in [2.05, 4.69) is 35.1 Å². The second-order valence-electron chi connectivity index (χ2n) is 5.58. The van der Waals surface area contributed by atoms with Crippen molar-refractivity contribution in [2.75, 3.05) is 13.2 Å². The summed E-state index contributed by atoms with van der Waals surface area (Å²) in [6.45, 7) is 9.50. The highest BCUT2D eigenvalue weighted by molar-refractivity contribution is 9.10. The number of hydrogen-bond acceptors (Lipinski definition) is 4. The zero-order valence-electron chi connectivity index (χ0n) is 13.1.